The van der Waals surface area contributed by atoms with Gasteiger partial charge in [0.2, 0.25) is 5.91 Å². The van der Waals surface area contributed by atoms with Crippen LogP contribution in [-0.4, -0.2) is 16.9 Å². The lowest BCUT2D eigenvalue weighted by molar-refractivity contribution is -0.119. The van der Waals surface area contributed by atoms with Gasteiger partial charge in [-0.05, 0) is 18.1 Å². The van der Waals surface area contributed by atoms with Crippen molar-refractivity contribution in [3.8, 4) is 0 Å². The molecule has 2 rings (SSSR count). The van der Waals surface area contributed by atoms with E-state index >= 15 is 0 Å². The lowest BCUT2D eigenvalue weighted by atomic mass is 10.1. The van der Waals surface area contributed by atoms with Gasteiger partial charge in [0.1, 0.15) is 5.82 Å². The Morgan fingerprint density at radius 3 is 2.94 bits per heavy atom. The quantitative estimate of drug-likeness (QED) is 0.711. The standard InChI is InChI=1S/C11H12FN3O/c12-8-3-1-2-7-6(5-15-10(7)8)4-9(13)11(14)16/h1-3,5,9,15H,4,13H2,(H2,14,16)/t9-/m0/s1. The first-order valence-corrected chi connectivity index (χ1v) is 4.89. The van der Waals surface area contributed by atoms with Gasteiger partial charge in [0.05, 0.1) is 11.6 Å². The summed E-state index contributed by atoms with van der Waals surface area (Å²) in [5, 5.41) is 0.733. The van der Waals surface area contributed by atoms with E-state index < -0.39 is 11.9 Å². The number of primary amides is 1. The van der Waals surface area contributed by atoms with Crippen molar-refractivity contribution < 1.29 is 9.18 Å². The molecule has 0 spiro atoms. The number of para-hydroxylation sites is 1. The molecule has 0 aliphatic heterocycles. The number of aromatic nitrogens is 1. The number of benzene rings is 1. The van der Waals surface area contributed by atoms with Crippen molar-refractivity contribution in [1.82, 2.24) is 4.98 Å². The summed E-state index contributed by atoms with van der Waals surface area (Å²) in [4.78, 5) is 13.7. The predicted octanol–water partition coefficient (Wildman–Crippen LogP) is 0.662. The van der Waals surface area contributed by atoms with E-state index in [0.717, 1.165) is 10.9 Å². The number of carbonyl (C=O) groups excluding carboxylic acids is 1. The van der Waals surface area contributed by atoms with Crippen molar-refractivity contribution in [2.75, 3.05) is 0 Å². The Balaban J connectivity index is 2.39. The molecule has 1 aromatic heterocycles. The number of fused-ring (bicyclic) bond motifs is 1. The van der Waals surface area contributed by atoms with Gasteiger partial charge in [0, 0.05) is 11.6 Å². The number of hydrogen-bond acceptors (Lipinski definition) is 2. The normalized spacial score (nSPS) is 12.9. The van der Waals surface area contributed by atoms with Crippen LogP contribution in [-0.2, 0) is 11.2 Å². The smallest absolute Gasteiger partial charge is 0.234 e. The number of aromatic amines is 1. The molecule has 16 heavy (non-hydrogen) atoms. The molecule has 0 aliphatic rings. The number of nitrogens with two attached hydrogens (primary N) is 2. The van der Waals surface area contributed by atoms with E-state index in [1.807, 2.05) is 0 Å². The Bertz CT molecular complexity index is 535. The second kappa shape index (κ2) is 3.94. The SMILES string of the molecule is NC(=O)[C@@H](N)Cc1c[nH]c2c(F)cccc12. The van der Waals surface area contributed by atoms with E-state index in [4.69, 9.17) is 11.5 Å². The lowest BCUT2D eigenvalue weighted by Crippen LogP contribution is -2.38. The van der Waals surface area contributed by atoms with Crippen molar-refractivity contribution >= 4 is 16.8 Å². The molecule has 0 fully saturated rings. The molecular formula is C11H12FN3O. The molecular weight excluding hydrogens is 209 g/mol. The van der Waals surface area contributed by atoms with Crippen LogP contribution in [0.25, 0.3) is 10.9 Å². The second-order valence-corrected chi connectivity index (χ2v) is 3.69. The fourth-order valence-corrected chi connectivity index (χ4v) is 1.68. The lowest BCUT2D eigenvalue weighted by Gasteiger charge is -2.05. The first-order valence-electron chi connectivity index (χ1n) is 4.89. The summed E-state index contributed by atoms with van der Waals surface area (Å²) in [6.07, 6.45) is 1.95. The van der Waals surface area contributed by atoms with Crippen molar-refractivity contribution in [3.63, 3.8) is 0 Å². The van der Waals surface area contributed by atoms with E-state index in [2.05, 4.69) is 4.98 Å². The summed E-state index contributed by atoms with van der Waals surface area (Å²) in [6.45, 7) is 0. The molecule has 5 heteroatoms. The summed E-state index contributed by atoms with van der Waals surface area (Å²) in [7, 11) is 0. The zero-order valence-corrected chi connectivity index (χ0v) is 8.53. The van der Waals surface area contributed by atoms with E-state index in [-0.39, 0.29) is 5.82 Å². The molecule has 84 valence electrons. The van der Waals surface area contributed by atoms with Crippen LogP contribution in [0.1, 0.15) is 5.56 Å². The highest BCUT2D eigenvalue weighted by Crippen LogP contribution is 2.21. The Hall–Kier alpha value is -1.88. The number of hydrogen-bond donors (Lipinski definition) is 3. The van der Waals surface area contributed by atoms with Crippen LogP contribution in [0.5, 0.6) is 0 Å². The molecule has 0 bridgehead atoms. The van der Waals surface area contributed by atoms with Crippen LogP contribution in [0, 0.1) is 5.82 Å². The Morgan fingerprint density at radius 2 is 2.25 bits per heavy atom. The average Bonchev–Trinajstić information content (AvgIpc) is 2.63. The molecule has 2 aromatic rings. The summed E-state index contributed by atoms with van der Waals surface area (Å²) in [5.74, 6) is -0.887. The van der Waals surface area contributed by atoms with Gasteiger partial charge < -0.3 is 16.5 Å². The zero-order valence-electron chi connectivity index (χ0n) is 8.53. The number of carbonyl (C=O) groups is 1. The number of halogens is 1. The van der Waals surface area contributed by atoms with Gasteiger partial charge >= 0.3 is 0 Å². The minimum Gasteiger partial charge on any atom is -0.368 e. The number of nitrogens with one attached hydrogen (secondary N) is 1. The fraction of sp³-hybridized carbons (Fsp3) is 0.182. The van der Waals surface area contributed by atoms with E-state index in [9.17, 15) is 9.18 Å². The van der Waals surface area contributed by atoms with E-state index in [0.29, 0.717) is 11.9 Å². The van der Waals surface area contributed by atoms with Crippen LogP contribution in [0.2, 0.25) is 0 Å². The molecule has 0 aliphatic carbocycles. The molecule has 0 unspecified atom stereocenters. The fourth-order valence-electron chi connectivity index (χ4n) is 1.68. The van der Waals surface area contributed by atoms with Crippen molar-refractivity contribution in [2.45, 2.75) is 12.5 Å². The second-order valence-electron chi connectivity index (χ2n) is 3.69. The molecule has 1 atom stereocenters. The van der Waals surface area contributed by atoms with Crippen molar-refractivity contribution in [2.24, 2.45) is 11.5 Å². The van der Waals surface area contributed by atoms with Gasteiger partial charge in [-0.1, -0.05) is 12.1 Å². The van der Waals surface area contributed by atoms with Crippen LogP contribution in [0.15, 0.2) is 24.4 Å². The van der Waals surface area contributed by atoms with E-state index in [1.54, 1.807) is 18.3 Å². The summed E-state index contributed by atoms with van der Waals surface area (Å²) >= 11 is 0. The highest BCUT2D eigenvalue weighted by molar-refractivity contribution is 5.85. The topological polar surface area (TPSA) is 84.9 Å². The molecule has 1 heterocycles. The Kier molecular flexibility index (Phi) is 2.62. The minimum atomic E-state index is -0.748. The molecule has 1 amide bonds. The molecule has 5 N–H and O–H groups in total. The summed E-state index contributed by atoms with van der Waals surface area (Å²) < 4.78 is 13.3. The Morgan fingerprint density at radius 1 is 1.50 bits per heavy atom. The van der Waals surface area contributed by atoms with Gasteiger partial charge in [0.15, 0.2) is 0 Å². The van der Waals surface area contributed by atoms with Gasteiger partial charge in [0.25, 0.3) is 0 Å². The largest absolute Gasteiger partial charge is 0.368 e. The van der Waals surface area contributed by atoms with Crippen LogP contribution < -0.4 is 11.5 Å². The number of H-pyrrole nitrogens is 1. The van der Waals surface area contributed by atoms with Crippen molar-refractivity contribution in [3.05, 3.63) is 35.8 Å². The summed E-state index contributed by atoms with van der Waals surface area (Å²) in [5.41, 5.74) is 11.9. The number of amides is 1. The predicted molar refractivity (Wildman–Crippen MR) is 59.1 cm³/mol. The maximum Gasteiger partial charge on any atom is 0.234 e. The molecule has 4 nitrogen and oxygen atoms in total. The first-order chi connectivity index (χ1) is 7.59. The zero-order chi connectivity index (χ0) is 11.7. The molecule has 0 saturated carbocycles. The molecule has 1 aromatic carbocycles. The van der Waals surface area contributed by atoms with Crippen molar-refractivity contribution in [1.29, 1.82) is 0 Å². The van der Waals surface area contributed by atoms with Crippen LogP contribution in [0.3, 0.4) is 0 Å². The van der Waals surface area contributed by atoms with E-state index in [1.165, 1.54) is 6.07 Å². The average molecular weight is 221 g/mol. The van der Waals surface area contributed by atoms with Gasteiger partial charge in [-0.25, -0.2) is 4.39 Å². The minimum absolute atomic E-state index is 0.304. The molecule has 0 radical (unpaired) electrons. The maximum atomic E-state index is 13.3. The van der Waals surface area contributed by atoms with Crippen LogP contribution >= 0.6 is 0 Å². The summed E-state index contributed by atoms with van der Waals surface area (Å²) in [6, 6.07) is 4.02. The highest BCUT2D eigenvalue weighted by atomic mass is 19.1. The number of rotatable bonds is 3. The molecule has 0 saturated heterocycles. The van der Waals surface area contributed by atoms with Gasteiger partial charge in [-0.2, -0.15) is 0 Å². The van der Waals surface area contributed by atoms with Gasteiger partial charge in [-0.15, -0.1) is 0 Å². The Labute approximate surface area is 91.4 Å². The van der Waals surface area contributed by atoms with Crippen LogP contribution in [0.4, 0.5) is 4.39 Å². The monoisotopic (exact) mass is 221 g/mol. The third-order valence-electron chi connectivity index (χ3n) is 2.56. The third-order valence-corrected chi connectivity index (χ3v) is 2.56. The third kappa shape index (κ3) is 1.77. The highest BCUT2D eigenvalue weighted by Gasteiger charge is 2.14. The maximum absolute atomic E-state index is 13.3. The first kappa shape index (κ1) is 10.6. The van der Waals surface area contributed by atoms with Gasteiger partial charge in [-0.3, -0.25) is 4.79 Å².